The van der Waals surface area contributed by atoms with Crippen molar-refractivity contribution in [3.63, 3.8) is 0 Å². The minimum absolute atomic E-state index is 0.0444. The summed E-state index contributed by atoms with van der Waals surface area (Å²) in [6.45, 7) is 1.07. The van der Waals surface area contributed by atoms with Crippen molar-refractivity contribution in [1.82, 2.24) is 10.2 Å². The number of rotatable bonds is 3. The lowest BCUT2D eigenvalue weighted by molar-refractivity contribution is -0.000750. The summed E-state index contributed by atoms with van der Waals surface area (Å²) in [5, 5.41) is 3.48. The lowest BCUT2D eigenvalue weighted by Gasteiger charge is -2.58. The topological polar surface area (TPSA) is 15.3 Å². The van der Waals surface area contributed by atoms with Gasteiger partial charge in [-0.3, -0.25) is 4.90 Å². The molecule has 0 aliphatic carbocycles. The van der Waals surface area contributed by atoms with Crippen LogP contribution in [-0.2, 0) is 5.54 Å². The molecule has 1 aliphatic rings. The standard InChI is InChI=1S/C17H20N2/c1-18-16-13-19(2)17(16,14-9-5-3-6-10-14)15-11-7-4-8-12-15/h3-12,16,18H,13H2,1-2H3. The van der Waals surface area contributed by atoms with Crippen LogP contribution >= 0.6 is 0 Å². The number of nitrogens with zero attached hydrogens (tertiary/aromatic N) is 1. The summed E-state index contributed by atoms with van der Waals surface area (Å²) in [7, 11) is 4.26. The van der Waals surface area contributed by atoms with E-state index in [0.717, 1.165) is 6.54 Å². The smallest absolute Gasteiger partial charge is 0.0881 e. The number of hydrogen-bond acceptors (Lipinski definition) is 2. The molecule has 2 heteroatoms. The first-order valence-corrected chi connectivity index (χ1v) is 6.79. The van der Waals surface area contributed by atoms with E-state index in [1.165, 1.54) is 11.1 Å². The Kier molecular flexibility index (Phi) is 3.13. The van der Waals surface area contributed by atoms with Gasteiger partial charge in [0.25, 0.3) is 0 Å². The highest BCUT2D eigenvalue weighted by atomic mass is 15.3. The Balaban J connectivity index is 2.17. The zero-order valence-corrected chi connectivity index (χ0v) is 11.5. The average Bonchev–Trinajstić information content (AvgIpc) is 2.47. The summed E-state index contributed by atoms with van der Waals surface area (Å²) in [4.78, 5) is 2.43. The zero-order chi connectivity index (χ0) is 13.3. The maximum atomic E-state index is 3.48. The zero-order valence-electron chi connectivity index (χ0n) is 11.5. The molecule has 1 heterocycles. The average molecular weight is 252 g/mol. The van der Waals surface area contributed by atoms with Gasteiger partial charge in [-0.2, -0.15) is 0 Å². The Labute approximate surface area is 115 Å². The first kappa shape index (κ1) is 12.4. The highest BCUT2D eigenvalue weighted by Crippen LogP contribution is 2.44. The molecule has 0 amide bonds. The number of hydrogen-bond donors (Lipinski definition) is 1. The van der Waals surface area contributed by atoms with E-state index in [0.29, 0.717) is 6.04 Å². The third-order valence-corrected chi connectivity index (χ3v) is 4.34. The second kappa shape index (κ2) is 4.80. The van der Waals surface area contributed by atoms with Crippen molar-refractivity contribution < 1.29 is 0 Å². The lowest BCUT2D eigenvalue weighted by atomic mass is 9.69. The van der Waals surface area contributed by atoms with E-state index in [1.807, 2.05) is 0 Å². The molecule has 2 aromatic carbocycles. The third kappa shape index (κ3) is 1.71. The van der Waals surface area contributed by atoms with Crippen molar-refractivity contribution in [2.75, 3.05) is 20.6 Å². The molecule has 0 aromatic heterocycles. The predicted molar refractivity (Wildman–Crippen MR) is 79.1 cm³/mol. The fourth-order valence-electron chi connectivity index (χ4n) is 3.40. The molecule has 1 N–H and O–H groups in total. The molecule has 2 aromatic rings. The number of benzene rings is 2. The van der Waals surface area contributed by atoms with Gasteiger partial charge in [0.05, 0.1) is 5.54 Å². The van der Waals surface area contributed by atoms with Crippen LogP contribution in [0.15, 0.2) is 60.7 Å². The number of nitrogens with one attached hydrogen (secondary N) is 1. The minimum Gasteiger partial charge on any atom is -0.313 e. The number of likely N-dealkylation sites (tertiary alicyclic amines) is 1. The van der Waals surface area contributed by atoms with Crippen LogP contribution in [0.4, 0.5) is 0 Å². The van der Waals surface area contributed by atoms with E-state index in [4.69, 9.17) is 0 Å². The van der Waals surface area contributed by atoms with Crippen molar-refractivity contribution in [2.24, 2.45) is 0 Å². The molecule has 1 fully saturated rings. The molecule has 98 valence electrons. The summed E-state index contributed by atoms with van der Waals surface area (Å²) in [5.41, 5.74) is 2.67. The Morgan fingerprint density at radius 2 is 1.42 bits per heavy atom. The molecule has 3 rings (SSSR count). The van der Waals surface area contributed by atoms with Gasteiger partial charge in [0, 0.05) is 12.6 Å². The highest BCUT2D eigenvalue weighted by Gasteiger charge is 2.53. The van der Waals surface area contributed by atoms with Gasteiger partial charge >= 0.3 is 0 Å². The largest absolute Gasteiger partial charge is 0.313 e. The summed E-state index contributed by atoms with van der Waals surface area (Å²) in [6.07, 6.45) is 0. The van der Waals surface area contributed by atoms with Gasteiger partial charge in [-0.1, -0.05) is 60.7 Å². The van der Waals surface area contributed by atoms with Crippen molar-refractivity contribution >= 4 is 0 Å². The minimum atomic E-state index is -0.0444. The maximum absolute atomic E-state index is 3.48. The molecule has 1 atom stereocenters. The van der Waals surface area contributed by atoms with Crippen LogP contribution in [0.25, 0.3) is 0 Å². The van der Waals surface area contributed by atoms with Gasteiger partial charge in [-0.25, -0.2) is 0 Å². The molecule has 19 heavy (non-hydrogen) atoms. The molecule has 0 bridgehead atoms. The second-order valence-electron chi connectivity index (χ2n) is 5.22. The van der Waals surface area contributed by atoms with Crippen LogP contribution in [0.2, 0.25) is 0 Å². The Morgan fingerprint density at radius 1 is 0.947 bits per heavy atom. The van der Waals surface area contributed by atoms with Gasteiger partial charge in [-0.15, -0.1) is 0 Å². The van der Waals surface area contributed by atoms with Gasteiger partial charge in [-0.05, 0) is 25.2 Å². The van der Waals surface area contributed by atoms with Crippen molar-refractivity contribution in [2.45, 2.75) is 11.6 Å². The monoisotopic (exact) mass is 252 g/mol. The second-order valence-corrected chi connectivity index (χ2v) is 5.22. The van der Waals surface area contributed by atoms with Crippen LogP contribution in [0.5, 0.6) is 0 Å². The van der Waals surface area contributed by atoms with E-state index in [9.17, 15) is 0 Å². The van der Waals surface area contributed by atoms with Crippen molar-refractivity contribution in [1.29, 1.82) is 0 Å². The molecule has 1 aliphatic heterocycles. The normalized spacial score (nSPS) is 21.9. The Hall–Kier alpha value is -1.64. The van der Waals surface area contributed by atoms with E-state index in [2.05, 4.69) is 85.0 Å². The van der Waals surface area contributed by atoms with Gasteiger partial charge in [0.2, 0.25) is 0 Å². The first-order valence-electron chi connectivity index (χ1n) is 6.79. The SMILES string of the molecule is CNC1CN(C)C1(c1ccccc1)c1ccccc1. The molecule has 0 saturated carbocycles. The molecule has 1 unspecified atom stereocenters. The third-order valence-electron chi connectivity index (χ3n) is 4.34. The van der Waals surface area contributed by atoms with E-state index < -0.39 is 0 Å². The first-order chi connectivity index (χ1) is 9.30. The molecule has 1 saturated heterocycles. The van der Waals surface area contributed by atoms with Crippen LogP contribution < -0.4 is 5.32 Å². The molecular formula is C17H20N2. The van der Waals surface area contributed by atoms with Crippen LogP contribution in [0.3, 0.4) is 0 Å². The van der Waals surface area contributed by atoms with E-state index in [1.54, 1.807) is 0 Å². The molecule has 0 radical (unpaired) electrons. The summed E-state index contributed by atoms with van der Waals surface area (Å²) in [6, 6.07) is 22.0. The van der Waals surface area contributed by atoms with Gasteiger partial charge in [0.15, 0.2) is 0 Å². The van der Waals surface area contributed by atoms with Crippen LogP contribution in [0, 0.1) is 0 Å². The quantitative estimate of drug-likeness (QED) is 0.902. The predicted octanol–water partition coefficient (Wildman–Crippen LogP) is 2.46. The summed E-state index contributed by atoms with van der Waals surface area (Å²) < 4.78 is 0. The van der Waals surface area contributed by atoms with Crippen molar-refractivity contribution in [3.05, 3.63) is 71.8 Å². The summed E-state index contributed by atoms with van der Waals surface area (Å²) >= 11 is 0. The van der Waals surface area contributed by atoms with E-state index in [-0.39, 0.29) is 5.54 Å². The lowest BCUT2D eigenvalue weighted by Crippen LogP contribution is -2.71. The summed E-state index contributed by atoms with van der Waals surface area (Å²) in [5.74, 6) is 0. The highest BCUT2D eigenvalue weighted by molar-refractivity contribution is 5.44. The van der Waals surface area contributed by atoms with Gasteiger partial charge < -0.3 is 5.32 Å². The Bertz CT molecular complexity index is 496. The van der Waals surface area contributed by atoms with Crippen LogP contribution in [0.1, 0.15) is 11.1 Å². The van der Waals surface area contributed by atoms with Gasteiger partial charge in [0.1, 0.15) is 0 Å². The molecule has 2 nitrogen and oxygen atoms in total. The fourth-order valence-corrected chi connectivity index (χ4v) is 3.40. The molecular weight excluding hydrogens is 232 g/mol. The van der Waals surface area contributed by atoms with Crippen molar-refractivity contribution in [3.8, 4) is 0 Å². The van der Waals surface area contributed by atoms with E-state index >= 15 is 0 Å². The maximum Gasteiger partial charge on any atom is 0.0881 e. The fraction of sp³-hybridized carbons (Fsp3) is 0.294. The number of likely N-dealkylation sites (N-methyl/N-ethyl adjacent to an activating group) is 2. The molecule has 0 spiro atoms. The van der Waals surface area contributed by atoms with Crippen LogP contribution in [-0.4, -0.2) is 31.6 Å². The Morgan fingerprint density at radius 3 is 1.79 bits per heavy atom.